The van der Waals surface area contributed by atoms with Gasteiger partial charge in [-0.15, -0.1) is 5.92 Å². The minimum absolute atomic E-state index is 0.641. The summed E-state index contributed by atoms with van der Waals surface area (Å²) in [4.78, 5) is 2.48. The molecule has 0 amide bonds. The van der Waals surface area contributed by atoms with Gasteiger partial charge >= 0.3 is 0 Å². The van der Waals surface area contributed by atoms with Crippen molar-refractivity contribution in [2.24, 2.45) is 5.92 Å². The Kier molecular flexibility index (Phi) is 4.44. The molecule has 0 radical (unpaired) electrons. The second-order valence-corrected chi connectivity index (χ2v) is 4.18. The molecule has 0 aromatic carbocycles. The van der Waals surface area contributed by atoms with Gasteiger partial charge in [0, 0.05) is 18.6 Å². The van der Waals surface area contributed by atoms with Crippen LogP contribution in [0.1, 0.15) is 27.2 Å². The van der Waals surface area contributed by atoms with Crippen molar-refractivity contribution in [2.75, 3.05) is 20.1 Å². The SMILES string of the molecule is CC#CCN1CCC(NC)C(C)C1C. The first-order valence-electron chi connectivity index (χ1n) is 5.51. The number of nitrogens with one attached hydrogen (secondary N) is 1. The van der Waals surface area contributed by atoms with Gasteiger partial charge in [-0.3, -0.25) is 4.90 Å². The highest BCUT2D eigenvalue weighted by atomic mass is 15.2. The van der Waals surface area contributed by atoms with E-state index in [9.17, 15) is 0 Å². The van der Waals surface area contributed by atoms with Crippen LogP contribution in [0.25, 0.3) is 0 Å². The molecule has 1 aliphatic rings. The van der Waals surface area contributed by atoms with Crippen molar-refractivity contribution in [1.29, 1.82) is 0 Å². The summed E-state index contributed by atoms with van der Waals surface area (Å²) in [5, 5.41) is 3.40. The number of nitrogens with zero attached hydrogens (tertiary/aromatic N) is 1. The molecule has 1 fully saturated rings. The Morgan fingerprint density at radius 1 is 1.43 bits per heavy atom. The van der Waals surface area contributed by atoms with Crippen LogP contribution in [0.15, 0.2) is 0 Å². The van der Waals surface area contributed by atoms with Gasteiger partial charge in [-0.05, 0) is 33.2 Å². The van der Waals surface area contributed by atoms with Crippen LogP contribution in [0.4, 0.5) is 0 Å². The second kappa shape index (κ2) is 5.38. The van der Waals surface area contributed by atoms with E-state index in [1.807, 2.05) is 6.92 Å². The summed E-state index contributed by atoms with van der Waals surface area (Å²) in [5.74, 6) is 6.84. The third-order valence-corrected chi connectivity index (χ3v) is 3.53. The Morgan fingerprint density at radius 2 is 2.14 bits per heavy atom. The normalized spacial score (nSPS) is 33.6. The largest absolute Gasteiger partial charge is 0.317 e. The topological polar surface area (TPSA) is 15.3 Å². The van der Waals surface area contributed by atoms with Crippen molar-refractivity contribution in [3.8, 4) is 11.8 Å². The minimum Gasteiger partial charge on any atom is -0.317 e. The molecule has 1 aliphatic heterocycles. The van der Waals surface area contributed by atoms with Crippen molar-refractivity contribution < 1.29 is 0 Å². The lowest BCUT2D eigenvalue weighted by molar-refractivity contribution is 0.101. The zero-order valence-corrected chi connectivity index (χ0v) is 9.80. The molecule has 0 saturated carbocycles. The molecule has 14 heavy (non-hydrogen) atoms. The van der Waals surface area contributed by atoms with Crippen LogP contribution < -0.4 is 5.32 Å². The van der Waals surface area contributed by atoms with Gasteiger partial charge in [0.1, 0.15) is 0 Å². The average molecular weight is 194 g/mol. The molecule has 1 N–H and O–H groups in total. The highest BCUT2D eigenvalue weighted by Gasteiger charge is 2.30. The summed E-state index contributed by atoms with van der Waals surface area (Å²) in [7, 11) is 2.06. The van der Waals surface area contributed by atoms with E-state index in [0.29, 0.717) is 18.0 Å². The zero-order chi connectivity index (χ0) is 10.6. The molecule has 1 rings (SSSR count). The minimum atomic E-state index is 0.641. The third kappa shape index (κ3) is 2.50. The van der Waals surface area contributed by atoms with Crippen LogP contribution in [0.3, 0.4) is 0 Å². The summed E-state index contributed by atoms with van der Waals surface area (Å²) in [6.45, 7) is 8.65. The van der Waals surface area contributed by atoms with Crippen LogP contribution in [0.5, 0.6) is 0 Å². The smallest absolute Gasteiger partial charge is 0.0603 e. The fourth-order valence-corrected chi connectivity index (χ4v) is 2.25. The Morgan fingerprint density at radius 3 is 2.71 bits per heavy atom. The lowest BCUT2D eigenvalue weighted by Gasteiger charge is -2.41. The molecule has 3 atom stereocenters. The van der Waals surface area contributed by atoms with E-state index in [0.717, 1.165) is 6.54 Å². The predicted octanol–water partition coefficient (Wildman–Crippen LogP) is 1.33. The molecular weight excluding hydrogens is 172 g/mol. The Hall–Kier alpha value is -0.520. The predicted molar refractivity (Wildman–Crippen MR) is 61.1 cm³/mol. The van der Waals surface area contributed by atoms with Gasteiger partial charge in [0.2, 0.25) is 0 Å². The second-order valence-electron chi connectivity index (χ2n) is 4.18. The maximum Gasteiger partial charge on any atom is 0.0603 e. The van der Waals surface area contributed by atoms with E-state index < -0.39 is 0 Å². The highest BCUT2D eigenvalue weighted by molar-refractivity contribution is 5.00. The van der Waals surface area contributed by atoms with Crippen LogP contribution in [0, 0.1) is 17.8 Å². The van der Waals surface area contributed by atoms with Gasteiger partial charge in [-0.25, -0.2) is 0 Å². The zero-order valence-electron chi connectivity index (χ0n) is 9.80. The molecule has 2 nitrogen and oxygen atoms in total. The van der Waals surface area contributed by atoms with Gasteiger partial charge in [0.25, 0.3) is 0 Å². The number of rotatable bonds is 2. The third-order valence-electron chi connectivity index (χ3n) is 3.53. The summed E-state index contributed by atoms with van der Waals surface area (Å²) < 4.78 is 0. The molecule has 1 saturated heterocycles. The Bertz CT molecular complexity index is 226. The number of likely N-dealkylation sites (tertiary alicyclic amines) is 1. The van der Waals surface area contributed by atoms with Crippen molar-refractivity contribution in [3.05, 3.63) is 0 Å². The first-order valence-corrected chi connectivity index (χ1v) is 5.51. The van der Waals surface area contributed by atoms with Gasteiger partial charge in [-0.1, -0.05) is 12.8 Å². The molecule has 0 aromatic heterocycles. The molecule has 80 valence electrons. The monoisotopic (exact) mass is 194 g/mol. The van der Waals surface area contributed by atoms with Crippen molar-refractivity contribution in [1.82, 2.24) is 10.2 Å². The van der Waals surface area contributed by atoms with Crippen LogP contribution >= 0.6 is 0 Å². The molecule has 0 aromatic rings. The average Bonchev–Trinajstić information content (AvgIpc) is 2.20. The van der Waals surface area contributed by atoms with Gasteiger partial charge in [-0.2, -0.15) is 0 Å². The van der Waals surface area contributed by atoms with E-state index in [1.54, 1.807) is 0 Å². The quantitative estimate of drug-likeness (QED) is 0.667. The Labute approximate surface area is 88.1 Å². The van der Waals surface area contributed by atoms with E-state index in [-0.39, 0.29) is 0 Å². The number of hydrogen-bond donors (Lipinski definition) is 1. The van der Waals surface area contributed by atoms with Crippen LogP contribution in [-0.4, -0.2) is 37.1 Å². The molecule has 1 heterocycles. The number of piperidine rings is 1. The van der Waals surface area contributed by atoms with Crippen LogP contribution in [0.2, 0.25) is 0 Å². The fourth-order valence-electron chi connectivity index (χ4n) is 2.25. The first kappa shape index (κ1) is 11.6. The van der Waals surface area contributed by atoms with Crippen molar-refractivity contribution >= 4 is 0 Å². The first-order chi connectivity index (χ1) is 6.70. The molecule has 0 spiro atoms. The van der Waals surface area contributed by atoms with Gasteiger partial charge in [0.15, 0.2) is 0 Å². The van der Waals surface area contributed by atoms with E-state index >= 15 is 0 Å². The van der Waals surface area contributed by atoms with Crippen molar-refractivity contribution in [2.45, 2.75) is 39.3 Å². The van der Waals surface area contributed by atoms with E-state index in [2.05, 4.69) is 43.0 Å². The fraction of sp³-hybridized carbons (Fsp3) is 0.833. The molecule has 2 heteroatoms. The lowest BCUT2D eigenvalue weighted by atomic mass is 9.87. The van der Waals surface area contributed by atoms with Crippen molar-refractivity contribution in [3.63, 3.8) is 0 Å². The van der Waals surface area contributed by atoms with Crippen LogP contribution in [-0.2, 0) is 0 Å². The maximum absolute atomic E-state index is 3.40. The molecule has 0 aliphatic carbocycles. The summed E-state index contributed by atoms with van der Waals surface area (Å²) in [5.41, 5.74) is 0. The molecule has 3 unspecified atom stereocenters. The van der Waals surface area contributed by atoms with Gasteiger partial charge in [0.05, 0.1) is 6.54 Å². The molecular formula is C12H22N2. The highest BCUT2D eigenvalue weighted by Crippen LogP contribution is 2.22. The maximum atomic E-state index is 3.40. The Balaban J connectivity index is 2.53. The van der Waals surface area contributed by atoms with Gasteiger partial charge < -0.3 is 5.32 Å². The standard InChI is InChI=1S/C12H22N2/c1-5-6-8-14-9-7-12(13-4)10(2)11(14)3/h10-13H,7-9H2,1-4H3. The summed E-state index contributed by atoms with van der Waals surface area (Å²) in [6, 6.07) is 1.32. The summed E-state index contributed by atoms with van der Waals surface area (Å²) >= 11 is 0. The van der Waals surface area contributed by atoms with E-state index in [4.69, 9.17) is 0 Å². The van der Waals surface area contributed by atoms with E-state index in [1.165, 1.54) is 13.0 Å². The number of hydrogen-bond acceptors (Lipinski definition) is 2. The lowest BCUT2D eigenvalue weighted by Crippen LogP contribution is -2.52. The summed E-state index contributed by atoms with van der Waals surface area (Å²) in [6.07, 6.45) is 1.24. The molecule has 0 bridgehead atoms.